The van der Waals surface area contributed by atoms with E-state index in [9.17, 15) is 4.79 Å². The van der Waals surface area contributed by atoms with E-state index in [1.54, 1.807) is 4.68 Å². The molecule has 0 saturated carbocycles. The Morgan fingerprint density at radius 2 is 2.10 bits per heavy atom. The molecule has 20 heavy (non-hydrogen) atoms. The van der Waals surface area contributed by atoms with E-state index in [1.165, 1.54) is 0 Å². The zero-order valence-electron chi connectivity index (χ0n) is 12.6. The van der Waals surface area contributed by atoms with Crippen molar-refractivity contribution in [3.63, 3.8) is 0 Å². The van der Waals surface area contributed by atoms with Crippen molar-refractivity contribution in [2.24, 2.45) is 0 Å². The Bertz CT molecular complexity index is 606. The summed E-state index contributed by atoms with van der Waals surface area (Å²) in [6.45, 7) is 9.95. The first-order chi connectivity index (χ1) is 9.38. The van der Waals surface area contributed by atoms with Crippen LogP contribution >= 0.6 is 0 Å². The molecule has 0 spiro atoms. The van der Waals surface area contributed by atoms with Gasteiger partial charge in [0.1, 0.15) is 6.54 Å². The molecule has 0 aliphatic heterocycles. The Balaban J connectivity index is 2.03. The summed E-state index contributed by atoms with van der Waals surface area (Å²) in [5, 5.41) is 14.4. The fraction of sp³-hybridized carbons (Fsp3) is 0.500. The molecule has 2 rings (SSSR count). The second-order valence-electron chi connectivity index (χ2n) is 5.22. The van der Waals surface area contributed by atoms with E-state index in [0.717, 1.165) is 28.3 Å². The highest BCUT2D eigenvalue weighted by molar-refractivity contribution is 5.76. The summed E-state index contributed by atoms with van der Waals surface area (Å²) >= 11 is 0. The van der Waals surface area contributed by atoms with Crippen molar-refractivity contribution in [2.45, 2.75) is 47.2 Å². The second kappa shape index (κ2) is 5.48. The lowest BCUT2D eigenvalue weighted by atomic mass is 10.1. The maximum atomic E-state index is 12.1. The lowest BCUT2D eigenvalue weighted by Crippen LogP contribution is -2.31. The molecule has 1 unspecified atom stereocenters. The van der Waals surface area contributed by atoms with Gasteiger partial charge >= 0.3 is 0 Å². The first-order valence-corrected chi connectivity index (χ1v) is 6.70. The molecule has 2 N–H and O–H groups in total. The summed E-state index contributed by atoms with van der Waals surface area (Å²) in [5.41, 5.74) is 4.86. The van der Waals surface area contributed by atoms with Gasteiger partial charge in [0.25, 0.3) is 0 Å². The number of aromatic amines is 1. The molecule has 6 heteroatoms. The Morgan fingerprint density at radius 1 is 1.40 bits per heavy atom. The molecule has 0 aliphatic carbocycles. The lowest BCUT2D eigenvalue weighted by molar-refractivity contribution is -0.122. The van der Waals surface area contributed by atoms with Gasteiger partial charge in [-0.1, -0.05) is 0 Å². The van der Waals surface area contributed by atoms with E-state index in [1.807, 2.05) is 40.7 Å². The fourth-order valence-corrected chi connectivity index (χ4v) is 2.53. The Hall–Kier alpha value is -2.11. The molecule has 0 aromatic carbocycles. The number of amides is 1. The van der Waals surface area contributed by atoms with E-state index in [4.69, 9.17) is 0 Å². The quantitative estimate of drug-likeness (QED) is 0.892. The van der Waals surface area contributed by atoms with Gasteiger partial charge in [-0.05, 0) is 40.7 Å². The van der Waals surface area contributed by atoms with Gasteiger partial charge in [0.05, 0.1) is 17.4 Å². The number of aromatic nitrogens is 4. The minimum Gasteiger partial charge on any atom is -0.348 e. The third kappa shape index (κ3) is 2.89. The third-order valence-corrected chi connectivity index (χ3v) is 3.39. The van der Waals surface area contributed by atoms with Crippen LogP contribution in [0.25, 0.3) is 0 Å². The van der Waals surface area contributed by atoms with E-state index < -0.39 is 0 Å². The van der Waals surface area contributed by atoms with Crippen LogP contribution in [0, 0.1) is 27.7 Å². The van der Waals surface area contributed by atoms with Crippen LogP contribution < -0.4 is 5.32 Å². The number of nitrogens with zero attached hydrogens (tertiary/aromatic N) is 3. The number of carbonyl (C=O) groups is 1. The van der Waals surface area contributed by atoms with Gasteiger partial charge in [-0.25, -0.2) is 0 Å². The molecule has 1 amide bonds. The number of nitrogens with one attached hydrogen (secondary N) is 2. The van der Waals surface area contributed by atoms with Crippen LogP contribution in [0.1, 0.15) is 41.3 Å². The van der Waals surface area contributed by atoms with E-state index >= 15 is 0 Å². The first-order valence-electron chi connectivity index (χ1n) is 6.70. The van der Waals surface area contributed by atoms with Crippen molar-refractivity contribution in [1.82, 2.24) is 25.3 Å². The molecule has 108 valence electrons. The van der Waals surface area contributed by atoms with Crippen molar-refractivity contribution >= 4 is 5.91 Å². The monoisotopic (exact) mass is 275 g/mol. The molecular formula is C14H21N5O. The smallest absolute Gasteiger partial charge is 0.242 e. The Kier molecular flexibility index (Phi) is 3.92. The molecule has 0 saturated heterocycles. The number of hydrogen-bond acceptors (Lipinski definition) is 3. The van der Waals surface area contributed by atoms with Gasteiger partial charge in [0.15, 0.2) is 0 Å². The highest BCUT2D eigenvalue weighted by Gasteiger charge is 2.17. The van der Waals surface area contributed by atoms with Crippen LogP contribution in [0.5, 0.6) is 0 Å². The van der Waals surface area contributed by atoms with Gasteiger partial charge in [-0.2, -0.15) is 10.2 Å². The first kappa shape index (κ1) is 14.3. The topological polar surface area (TPSA) is 75.6 Å². The highest BCUT2D eigenvalue weighted by atomic mass is 16.2. The Labute approximate surface area is 118 Å². The molecular weight excluding hydrogens is 254 g/mol. The molecule has 0 radical (unpaired) electrons. The van der Waals surface area contributed by atoms with Crippen LogP contribution in [0.2, 0.25) is 0 Å². The molecule has 0 bridgehead atoms. The minimum absolute atomic E-state index is 0.0521. The summed E-state index contributed by atoms with van der Waals surface area (Å²) in [4.78, 5) is 12.1. The lowest BCUT2D eigenvalue weighted by Gasteiger charge is -2.15. The van der Waals surface area contributed by atoms with Crippen molar-refractivity contribution < 1.29 is 4.79 Å². The molecule has 1 atom stereocenters. The minimum atomic E-state index is -0.0711. The van der Waals surface area contributed by atoms with Crippen molar-refractivity contribution in [3.8, 4) is 0 Å². The third-order valence-electron chi connectivity index (χ3n) is 3.39. The van der Waals surface area contributed by atoms with Crippen LogP contribution in [0.15, 0.2) is 6.07 Å². The zero-order valence-corrected chi connectivity index (χ0v) is 12.6. The maximum Gasteiger partial charge on any atom is 0.242 e. The number of aryl methyl sites for hydroxylation is 4. The second-order valence-corrected chi connectivity index (χ2v) is 5.22. The maximum absolute atomic E-state index is 12.1. The number of carbonyl (C=O) groups excluding carboxylic acids is 1. The molecule has 0 aliphatic rings. The average molecular weight is 275 g/mol. The van der Waals surface area contributed by atoms with Crippen molar-refractivity contribution in [1.29, 1.82) is 0 Å². The average Bonchev–Trinajstić information content (AvgIpc) is 2.82. The summed E-state index contributed by atoms with van der Waals surface area (Å²) in [6.07, 6.45) is 0. The van der Waals surface area contributed by atoms with E-state index in [0.29, 0.717) is 0 Å². The van der Waals surface area contributed by atoms with Crippen LogP contribution in [0.4, 0.5) is 0 Å². The number of hydrogen-bond donors (Lipinski definition) is 2. The SMILES string of the molecule is Cc1cc(C)n(CC(=O)NC(C)c2c(C)n[nH]c2C)n1. The summed E-state index contributed by atoms with van der Waals surface area (Å²) in [5.74, 6) is -0.0521. The summed E-state index contributed by atoms with van der Waals surface area (Å²) < 4.78 is 1.71. The fourth-order valence-electron chi connectivity index (χ4n) is 2.53. The predicted molar refractivity (Wildman–Crippen MR) is 76.3 cm³/mol. The summed E-state index contributed by atoms with van der Waals surface area (Å²) in [6, 6.07) is 1.89. The van der Waals surface area contributed by atoms with Gasteiger partial charge < -0.3 is 5.32 Å². The molecule has 6 nitrogen and oxygen atoms in total. The molecule has 2 aromatic rings. The van der Waals surface area contributed by atoms with Crippen LogP contribution in [0.3, 0.4) is 0 Å². The Morgan fingerprint density at radius 3 is 2.60 bits per heavy atom. The van der Waals surface area contributed by atoms with Gasteiger partial charge in [0.2, 0.25) is 5.91 Å². The van der Waals surface area contributed by atoms with Gasteiger partial charge in [0, 0.05) is 17.0 Å². The predicted octanol–water partition coefficient (Wildman–Crippen LogP) is 1.72. The normalized spacial score (nSPS) is 12.4. The molecule has 2 heterocycles. The standard InChI is InChI=1S/C14H21N5O/c1-8-6-9(2)19(18-8)7-13(20)15-10(3)14-11(4)16-17-12(14)5/h6,10H,7H2,1-5H3,(H,15,20)(H,16,17). The van der Waals surface area contributed by atoms with Gasteiger partial charge in [-0.3, -0.25) is 14.6 Å². The van der Waals surface area contributed by atoms with Crippen LogP contribution in [-0.4, -0.2) is 25.9 Å². The van der Waals surface area contributed by atoms with Crippen molar-refractivity contribution in [2.75, 3.05) is 0 Å². The molecule has 2 aromatic heterocycles. The zero-order chi connectivity index (χ0) is 14.9. The number of rotatable bonds is 4. The van der Waals surface area contributed by atoms with Gasteiger partial charge in [-0.15, -0.1) is 0 Å². The highest BCUT2D eigenvalue weighted by Crippen LogP contribution is 2.18. The van der Waals surface area contributed by atoms with E-state index in [2.05, 4.69) is 20.6 Å². The number of H-pyrrole nitrogens is 1. The summed E-state index contributed by atoms with van der Waals surface area (Å²) in [7, 11) is 0. The molecule has 0 fully saturated rings. The largest absolute Gasteiger partial charge is 0.348 e. The van der Waals surface area contributed by atoms with E-state index in [-0.39, 0.29) is 18.5 Å². The van der Waals surface area contributed by atoms with Crippen molar-refractivity contribution in [3.05, 3.63) is 34.4 Å². The van der Waals surface area contributed by atoms with Crippen LogP contribution in [-0.2, 0) is 11.3 Å².